The Bertz CT molecular complexity index is 2610. The van der Waals surface area contributed by atoms with E-state index in [2.05, 4.69) is 118 Å². The van der Waals surface area contributed by atoms with Crippen molar-refractivity contribution in [3.05, 3.63) is 146 Å². The molecule has 0 atom stereocenters. The first-order chi connectivity index (χ1) is 22.3. The zero-order valence-corrected chi connectivity index (χ0v) is 24.1. The van der Waals surface area contributed by atoms with Gasteiger partial charge < -0.3 is 13.9 Å². The molecule has 0 bridgehead atoms. The molecule has 10 rings (SSSR count). The molecule has 9 aromatic rings. The first-order valence-corrected chi connectivity index (χ1v) is 15.1. The molecule has 45 heavy (non-hydrogen) atoms. The molecule has 0 amide bonds. The molecule has 4 heterocycles. The van der Waals surface area contributed by atoms with Crippen LogP contribution >= 0.6 is 0 Å². The predicted octanol–water partition coefficient (Wildman–Crippen LogP) is 10.1. The largest absolute Gasteiger partial charge is 0.456 e. The maximum absolute atomic E-state index is 6.19. The number of benzene rings is 6. The molecule has 1 aliphatic rings. The van der Waals surface area contributed by atoms with Crippen LogP contribution in [-0.4, -0.2) is 19.1 Å². The quantitative estimate of drug-likeness (QED) is 0.210. The van der Waals surface area contributed by atoms with E-state index >= 15 is 0 Å². The van der Waals surface area contributed by atoms with Gasteiger partial charge in [-0.15, -0.1) is 0 Å². The van der Waals surface area contributed by atoms with Crippen molar-refractivity contribution in [1.29, 1.82) is 0 Å². The fourth-order valence-electron chi connectivity index (χ4n) is 6.97. The van der Waals surface area contributed by atoms with E-state index < -0.39 is 0 Å². The Morgan fingerprint density at radius 2 is 1.24 bits per heavy atom. The van der Waals surface area contributed by atoms with Gasteiger partial charge in [0.1, 0.15) is 11.5 Å². The van der Waals surface area contributed by atoms with Crippen LogP contribution in [-0.2, 0) is 0 Å². The Balaban J connectivity index is 1.13. The van der Waals surface area contributed by atoms with Crippen LogP contribution in [0, 0.1) is 0 Å². The molecule has 210 valence electrons. The van der Waals surface area contributed by atoms with Gasteiger partial charge in [0.2, 0.25) is 0 Å². The third-order valence-electron chi connectivity index (χ3n) is 8.97. The molecule has 0 saturated heterocycles. The molecular weight excluding hydrogens is 552 g/mol. The number of rotatable bonds is 3. The summed E-state index contributed by atoms with van der Waals surface area (Å²) in [6.07, 6.45) is 2.17. The Labute approximate surface area is 258 Å². The zero-order valence-electron chi connectivity index (χ0n) is 24.1. The van der Waals surface area contributed by atoms with Crippen LogP contribution in [0.25, 0.3) is 77.6 Å². The summed E-state index contributed by atoms with van der Waals surface area (Å²) in [4.78, 5) is 10.1. The van der Waals surface area contributed by atoms with Crippen molar-refractivity contribution < 1.29 is 4.74 Å². The van der Waals surface area contributed by atoms with Gasteiger partial charge in [0.15, 0.2) is 5.82 Å². The summed E-state index contributed by atoms with van der Waals surface area (Å²) in [6, 6.07) is 48.6. The molecule has 0 spiro atoms. The van der Waals surface area contributed by atoms with Gasteiger partial charge in [-0.25, -0.2) is 9.97 Å². The highest BCUT2D eigenvalue weighted by Gasteiger charge is 2.23. The number of fused-ring (bicyclic) bond motifs is 7. The average molecular weight is 577 g/mol. The molecule has 1 aliphatic heterocycles. The molecule has 0 fully saturated rings. The normalized spacial score (nSPS) is 12.2. The Kier molecular flexibility index (Phi) is 4.93. The maximum Gasteiger partial charge on any atom is 0.160 e. The van der Waals surface area contributed by atoms with Crippen molar-refractivity contribution in [2.75, 3.05) is 0 Å². The third-order valence-corrected chi connectivity index (χ3v) is 8.97. The van der Waals surface area contributed by atoms with Gasteiger partial charge in [0, 0.05) is 44.9 Å². The SMILES string of the molecule is c1ccc(-n2ccc3c4c5ccccc5n(-c5ccc(-c6nc7c8c(cccc8n6)Oc6ccccc6-7)cc5)c4ccc32)cc1. The van der Waals surface area contributed by atoms with Gasteiger partial charge in [-0.1, -0.05) is 54.6 Å². The number of ether oxygens (including phenoxy) is 1. The number of hydrogen-bond acceptors (Lipinski definition) is 3. The van der Waals surface area contributed by atoms with Gasteiger partial charge in [-0.3, -0.25) is 0 Å². The van der Waals surface area contributed by atoms with E-state index in [4.69, 9.17) is 14.7 Å². The van der Waals surface area contributed by atoms with Gasteiger partial charge >= 0.3 is 0 Å². The maximum atomic E-state index is 6.19. The fraction of sp³-hybridized carbons (Fsp3) is 0. The summed E-state index contributed by atoms with van der Waals surface area (Å²) in [5.74, 6) is 2.31. The van der Waals surface area contributed by atoms with Crippen LogP contribution in [0.4, 0.5) is 0 Å². The van der Waals surface area contributed by atoms with Gasteiger partial charge in [0.05, 0.1) is 33.1 Å². The first kappa shape index (κ1) is 24.3. The summed E-state index contributed by atoms with van der Waals surface area (Å²) < 4.78 is 10.8. The lowest BCUT2D eigenvalue weighted by Crippen LogP contribution is -2.02. The molecule has 0 unspecified atom stereocenters. The smallest absolute Gasteiger partial charge is 0.160 e. The number of para-hydroxylation sites is 3. The Morgan fingerprint density at radius 1 is 0.489 bits per heavy atom. The molecule has 5 nitrogen and oxygen atoms in total. The zero-order chi connectivity index (χ0) is 29.5. The van der Waals surface area contributed by atoms with Crippen LogP contribution in [0.2, 0.25) is 0 Å². The van der Waals surface area contributed by atoms with E-state index in [1.54, 1.807) is 0 Å². The van der Waals surface area contributed by atoms with Crippen LogP contribution in [0.1, 0.15) is 0 Å². The van der Waals surface area contributed by atoms with Crippen molar-refractivity contribution >= 4 is 43.6 Å². The Morgan fingerprint density at radius 3 is 2.16 bits per heavy atom. The second-order valence-corrected chi connectivity index (χ2v) is 11.5. The molecule has 5 heteroatoms. The van der Waals surface area contributed by atoms with Crippen molar-refractivity contribution in [3.8, 4) is 45.5 Å². The number of hydrogen-bond donors (Lipinski definition) is 0. The molecular formula is C40H24N4O. The van der Waals surface area contributed by atoms with E-state index in [9.17, 15) is 0 Å². The summed E-state index contributed by atoms with van der Waals surface area (Å²) in [6.45, 7) is 0. The fourth-order valence-corrected chi connectivity index (χ4v) is 6.97. The minimum atomic E-state index is 0.698. The second kappa shape index (κ2) is 9.15. The van der Waals surface area contributed by atoms with E-state index in [0.29, 0.717) is 5.82 Å². The monoisotopic (exact) mass is 576 g/mol. The van der Waals surface area contributed by atoms with E-state index in [0.717, 1.165) is 50.6 Å². The van der Waals surface area contributed by atoms with Gasteiger partial charge in [-0.05, 0) is 84.9 Å². The van der Waals surface area contributed by atoms with Crippen LogP contribution in [0.3, 0.4) is 0 Å². The van der Waals surface area contributed by atoms with E-state index in [-0.39, 0.29) is 0 Å². The molecule has 6 aromatic carbocycles. The molecule has 0 aliphatic carbocycles. The minimum absolute atomic E-state index is 0.698. The summed E-state index contributed by atoms with van der Waals surface area (Å²) in [5, 5.41) is 4.69. The Hall–Kier alpha value is -6.20. The van der Waals surface area contributed by atoms with Crippen LogP contribution < -0.4 is 4.74 Å². The third kappa shape index (κ3) is 3.49. The van der Waals surface area contributed by atoms with Crippen molar-refractivity contribution in [3.63, 3.8) is 0 Å². The lowest BCUT2D eigenvalue weighted by atomic mass is 10.0. The summed E-state index contributed by atoms with van der Waals surface area (Å²) in [5.41, 5.74) is 9.53. The standard InChI is InChI=1S/C40H24N4O/c1-2-9-26(10-3-1)43-24-23-29-32(43)21-22-34-37(29)28-11-4-6-14-33(28)44(34)27-19-17-25(18-20-27)40-41-31-13-8-16-36-38(31)39(42-40)30-12-5-7-15-35(30)45-36/h1-24H. The van der Waals surface area contributed by atoms with E-state index in [1.807, 2.05) is 36.4 Å². The summed E-state index contributed by atoms with van der Waals surface area (Å²) in [7, 11) is 0. The van der Waals surface area contributed by atoms with Crippen LogP contribution in [0.5, 0.6) is 11.5 Å². The summed E-state index contributed by atoms with van der Waals surface area (Å²) >= 11 is 0. The highest BCUT2D eigenvalue weighted by atomic mass is 16.5. The van der Waals surface area contributed by atoms with Crippen molar-refractivity contribution in [2.45, 2.75) is 0 Å². The average Bonchev–Trinajstić information content (AvgIpc) is 3.68. The predicted molar refractivity (Wildman–Crippen MR) is 182 cm³/mol. The van der Waals surface area contributed by atoms with Gasteiger partial charge in [-0.2, -0.15) is 0 Å². The molecule has 3 aromatic heterocycles. The van der Waals surface area contributed by atoms with Crippen molar-refractivity contribution in [2.24, 2.45) is 0 Å². The number of aromatic nitrogens is 4. The number of nitrogens with zero attached hydrogens (tertiary/aromatic N) is 4. The lowest BCUT2D eigenvalue weighted by Gasteiger charge is -2.20. The minimum Gasteiger partial charge on any atom is -0.456 e. The molecule has 0 radical (unpaired) electrons. The van der Waals surface area contributed by atoms with Gasteiger partial charge in [0.25, 0.3) is 0 Å². The highest BCUT2D eigenvalue weighted by molar-refractivity contribution is 6.21. The first-order valence-electron chi connectivity index (χ1n) is 15.1. The van der Waals surface area contributed by atoms with Crippen LogP contribution in [0.15, 0.2) is 146 Å². The van der Waals surface area contributed by atoms with Crippen molar-refractivity contribution in [1.82, 2.24) is 19.1 Å². The topological polar surface area (TPSA) is 44.9 Å². The molecule has 0 saturated carbocycles. The second-order valence-electron chi connectivity index (χ2n) is 11.5. The highest BCUT2D eigenvalue weighted by Crippen LogP contribution is 2.45. The molecule has 0 N–H and O–H groups in total. The van der Waals surface area contributed by atoms with E-state index in [1.165, 1.54) is 32.7 Å². The lowest BCUT2D eigenvalue weighted by molar-refractivity contribution is 0.486.